The molecule has 1 amide bonds. The third kappa shape index (κ3) is 3.30. The molecule has 6 nitrogen and oxygen atoms in total. The normalized spacial score (nSPS) is 22.3. The van der Waals surface area contributed by atoms with Crippen molar-refractivity contribution in [3.8, 4) is 0 Å². The minimum absolute atomic E-state index is 0.203. The summed E-state index contributed by atoms with van der Waals surface area (Å²) in [4.78, 5) is 17.1. The van der Waals surface area contributed by atoms with Crippen LogP contribution in [-0.4, -0.2) is 71.8 Å². The van der Waals surface area contributed by atoms with Crippen molar-refractivity contribution in [1.29, 1.82) is 0 Å². The van der Waals surface area contributed by atoms with Gasteiger partial charge in [-0.05, 0) is 18.4 Å². The third-order valence-corrected chi connectivity index (χ3v) is 5.13. The van der Waals surface area contributed by atoms with Crippen LogP contribution in [0.25, 0.3) is 10.9 Å². The van der Waals surface area contributed by atoms with Gasteiger partial charge in [0.25, 0.3) is 0 Å². The summed E-state index contributed by atoms with van der Waals surface area (Å²) in [5.41, 5.74) is 1.85. The van der Waals surface area contributed by atoms with E-state index in [4.69, 9.17) is 4.74 Å². The lowest BCUT2D eigenvalue weighted by Gasteiger charge is -2.29. The van der Waals surface area contributed by atoms with Crippen LogP contribution in [0.3, 0.4) is 0 Å². The number of likely N-dealkylation sites (tertiary alicyclic amines) is 1. The Hall–Kier alpha value is -1.92. The maximum Gasteiger partial charge on any atom is 0.228 e. The number of nitrogens with one attached hydrogen (secondary N) is 1. The molecule has 3 heterocycles. The number of aromatic amines is 1. The van der Waals surface area contributed by atoms with Crippen LogP contribution in [0.1, 0.15) is 12.1 Å². The number of H-pyrrole nitrogens is 1. The van der Waals surface area contributed by atoms with Crippen LogP contribution >= 0.6 is 0 Å². The lowest BCUT2D eigenvalue weighted by Crippen LogP contribution is -2.40. The van der Waals surface area contributed by atoms with Crippen molar-refractivity contribution in [2.45, 2.75) is 12.8 Å². The van der Waals surface area contributed by atoms with E-state index < -0.39 is 0 Å². The number of rotatable bonds is 4. The first-order chi connectivity index (χ1) is 11.8. The van der Waals surface area contributed by atoms with Gasteiger partial charge in [-0.2, -0.15) is 5.10 Å². The molecule has 2 aliphatic rings. The Kier molecular flexibility index (Phi) is 4.49. The quantitative estimate of drug-likeness (QED) is 0.919. The van der Waals surface area contributed by atoms with Gasteiger partial charge < -0.3 is 9.64 Å². The standard InChI is InChI=1S/C18H24N4O2/c23-18(11-17-15-3-1-2-4-16(15)19-20-17)22-6-5-14(13-22)12-21-7-9-24-10-8-21/h1-4,14H,5-13H2,(H,19,20). The first-order valence-corrected chi connectivity index (χ1v) is 8.79. The Labute approximate surface area is 141 Å². The van der Waals surface area contributed by atoms with Gasteiger partial charge in [-0.1, -0.05) is 18.2 Å². The van der Waals surface area contributed by atoms with E-state index in [1.807, 2.05) is 29.2 Å². The number of aromatic nitrogens is 2. The van der Waals surface area contributed by atoms with Crippen molar-refractivity contribution >= 4 is 16.8 Å². The highest BCUT2D eigenvalue weighted by molar-refractivity contribution is 5.87. The second-order valence-corrected chi connectivity index (χ2v) is 6.80. The Balaban J connectivity index is 1.34. The highest BCUT2D eigenvalue weighted by Crippen LogP contribution is 2.21. The zero-order valence-electron chi connectivity index (χ0n) is 13.9. The fourth-order valence-corrected chi connectivity index (χ4v) is 3.77. The molecule has 128 valence electrons. The average Bonchev–Trinajstić information content (AvgIpc) is 3.24. The van der Waals surface area contributed by atoms with E-state index in [-0.39, 0.29) is 5.91 Å². The van der Waals surface area contributed by atoms with Crippen LogP contribution in [0.15, 0.2) is 24.3 Å². The molecule has 0 aliphatic carbocycles. The largest absolute Gasteiger partial charge is 0.379 e. The minimum atomic E-state index is 0.203. The molecular weight excluding hydrogens is 304 g/mol. The second-order valence-electron chi connectivity index (χ2n) is 6.80. The van der Waals surface area contributed by atoms with Crippen molar-refractivity contribution < 1.29 is 9.53 Å². The van der Waals surface area contributed by atoms with Gasteiger partial charge in [-0.25, -0.2) is 0 Å². The number of ether oxygens (including phenoxy) is 1. The molecule has 2 aromatic rings. The summed E-state index contributed by atoms with van der Waals surface area (Å²) in [6.07, 6.45) is 1.51. The molecule has 0 radical (unpaired) electrons. The van der Waals surface area contributed by atoms with Gasteiger partial charge in [0.1, 0.15) is 0 Å². The second kappa shape index (κ2) is 6.91. The van der Waals surface area contributed by atoms with Crippen molar-refractivity contribution in [2.75, 3.05) is 45.9 Å². The molecule has 1 unspecified atom stereocenters. The summed E-state index contributed by atoms with van der Waals surface area (Å²) >= 11 is 0. The summed E-state index contributed by atoms with van der Waals surface area (Å²) in [5, 5.41) is 8.35. The van der Waals surface area contributed by atoms with Crippen LogP contribution < -0.4 is 0 Å². The van der Waals surface area contributed by atoms with Gasteiger partial charge in [-0.3, -0.25) is 14.8 Å². The molecule has 1 N–H and O–H groups in total. The molecule has 6 heteroatoms. The van der Waals surface area contributed by atoms with Crippen molar-refractivity contribution in [1.82, 2.24) is 20.0 Å². The molecule has 0 saturated carbocycles. The summed E-state index contributed by atoms with van der Waals surface area (Å²) in [6, 6.07) is 7.94. The van der Waals surface area contributed by atoms with Gasteiger partial charge >= 0.3 is 0 Å². The lowest BCUT2D eigenvalue weighted by atomic mass is 10.1. The minimum Gasteiger partial charge on any atom is -0.379 e. The molecule has 2 aliphatic heterocycles. The molecule has 0 bridgehead atoms. The number of hydrogen-bond donors (Lipinski definition) is 1. The molecule has 0 spiro atoms. The average molecular weight is 328 g/mol. The highest BCUT2D eigenvalue weighted by atomic mass is 16.5. The van der Waals surface area contributed by atoms with Crippen LogP contribution in [0, 0.1) is 5.92 Å². The van der Waals surface area contributed by atoms with Crippen LogP contribution in [-0.2, 0) is 16.0 Å². The zero-order valence-corrected chi connectivity index (χ0v) is 13.9. The Morgan fingerprint density at radius 3 is 2.96 bits per heavy atom. The fraction of sp³-hybridized carbons (Fsp3) is 0.556. The number of para-hydroxylation sites is 1. The van der Waals surface area contributed by atoms with Crippen molar-refractivity contribution in [2.24, 2.45) is 5.92 Å². The predicted molar refractivity (Wildman–Crippen MR) is 91.7 cm³/mol. The first-order valence-electron chi connectivity index (χ1n) is 8.79. The first kappa shape index (κ1) is 15.6. The van der Waals surface area contributed by atoms with E-state index in [2.05, 4.69) is 15.1 Å². The topological polar surface area (TPSA) is 61.5 Å². The van der Waals surface area contributed by atoms with Gasteiger partial charge in [0, 0.05) is 38.1 Å². The number of carbonyl (C=O) groups excluding carboxylic acids is 1. The van der Waals surface area contributed by atoms with E-state index in [1.54, 1.807) is 0 Å². The van der Waals surface area contributed by atoms with E-state index in [1.165, 1.54) is 0 Å². The molecule has 1 aromatic carbocycles. The number of nitrogens with zero attached hydrogens (tertiary/aromatic N) is 3. The van der Waals surface area contributed by atoms with E-state index in [9.17, 15) is 4.79 Å². The van der Waals surface area contributed by atoms with Gasteiger partial charge in [0.05, 0.1) is 30.8 Å². The third-order valence-electron chi connectivity index (χ3n) is 5.13. The van der Waals surface area contributed by atoms with Gasteiger partial charge in [-0.15, -0.1) is 0 Å². The Morgan fingerprint density at radius 2 is 2.08 bits per heavy atom. The van der Waals surface area contributed by atoms with Crippen LogP contribution in [0.4, 0.5) is 0 Å². The van der Waals surface area contributed by atoms with E-state index in [0.717, 1.165) is 69.0 Å². The maximum atomic E-state index is 12.6. The molecule has 24 heavy (non-hydrogen) atoms. The Morgan fingerprint density at radius 1 is 1.25 bits per heavy atom. The maximum absolute atomic E-state index is 12.6. The van der Waals surface area contributed by atoms with Crippen molar-refractivity contribution in [3.05, 3.63) is 30.0 Å². The smallest absolute Gasteiger partial charge is 0.228 e. The fourth-order valence-electron chi connectivity index (χ4n) is 3.77. The monoisotopic (exact) mass is 328 g/mol. The zero-order chi connectivity index (χ0) is 16.4. The molecule has 1 atom stereocenters. The molecular formula is C18H24N4O2. The molecule has 2 fully saturated rings. The predicted octanol–water partition coefficient (Wildman–Crippen LogP) is 1.29. The molecule has 4 rings (SSSR count). The lowest BCUT2D eigenvalue weighted by molar-refractivity contribution is -0.129. The number of carbonyl (C=O) groups is 1. The molecule has 2 saturated heterocycles. The molecule has 1 aromatic heterocycles. The van der Waals surface area contributed by atoms with Gasteiger partial charge in [0.2, 0.25) is 5.91 Å². The SMILES string of the molecule is O=C(Cc1[nH]nc2ccccc12)N1CCC(CN2CCOCC2)C1. The van der Waals surface area contributed by atoms with Crippen LogP contribution in [0.2, 0.25) is 0 Å². The number of amides is 1. The van der Waals surface area contributed by atoms with Gasteiger partial charge in [0.15, 0.2) is 0 Å². The van der Waals surface area contributed by atoms with E-state index >= 15 is 0 Å². The van der Waals surface area contributed by atoms with Crippen molar-refractivity contribution in [3.63, 3.8) is 0 Å². The number of hydrogen-bond acceptors (Lipinski definition) is 4. The van der Waals surface area contributed by atoms with Crippen LogP contribution in [0.5, 0.6) is 0 Å². The number of morpholine rings is 1. The Bertz CT molecular complexity index is 708. The van der Waals surface area contributed by atoms with E-state index in [0.29, 0.717) is 12.3 Å². The summed E-state index contributed by atoms with van der Waals surface area (Å²) in [7, 11) is 0. The summed E-state index contributed by atoms with van der Waals surface area (Å²) in [5.74, 6) is 0.791. The number of benzene rings is 1. The number of fused-ring (bicyclic) bond motifs is 1. The highest BCUT2D eigenvalue weighted by Gasteiger charge is 2.28. The summed E-state index contributed by atoms with van der Waals surface area (Å²) in [6.45, 7) is 6.54. The summed E-state index contributed by atoms with van der Waals surface area (Å²) < 4.78 is 5.40.